The van der Waals surface area contributed by atoms with Gasteiger partial charge in [-0.05, 0) is 29.0 Å². The van der Waals surface area contributed by atoms with E-state index in [9.17, 15) is 0 Å². The van der Waals surface area contributed by atoms with Crippen LogP contribution >= 0.6 is 11.6 Å². The molecule has 0 N–H and O–H groups in total. The van der Waals surface area contributed by atoms with E-state index in [2.05, 4.69) is 0 Å². The highest BCUT2D eigenvalue weighted by atomic mass is 35.5. The lowest BCUT2D eigenvalue weighted by Crippen LogP contribution is -2.27. The third kappa shape index (κ3) is 1.66. The number of hydrogen-bond donors (Lipinski definition) is 0. The maximum absolute atomic E-state index is 5.80. The Morgan fingerprint density at radius 2 is 1.86 bits per heavy atom. The molecule has 3 heteroatoms. The Kier molecular flexibility index (Phi) is 2.30. The predicted molar refractivity (Wildman–Crippen MR) is 55.1 cm³/mol. The summed E-state index contributed by atoms with van der Waals surface area (Å²) < 4.78 is 7.25. The average Bonchev–Trinajstić information content (AvgIpc) is 2.48. The molecule has 2 nitrogen and oxygen atoms in total. The van der Waals surface area contributed by atoms with Crippen molar-refractivity contribution < 1.29 is 9.26 Å². The van der Waals surface area contributed by atoms with E-state index in [-0.39, 0.29) is 0 Å². The number of aryl methyl sites for hydroxylation is 2. The van der Waals surface area contributed by atoms with Gasteiger partial charge in [0.05, 0.1) is 6.07 Å². The average molecular weight is 209 g/mol. The van der Waals surface area contributed by atoms with Gasteiger partial charge in [-0.25, -0.2) is 4.52 Å². The smallest absolute Gasteiger partial charge is 0.228 e. The molecule has 0 aliphatic carbocycles. The molecule has 0 saturated heterocycles. The first-order valence-corrected chi connectivity index (χ1v) is 4.77. The maximum atomic E-state index is 5.80. The fraction of sp³-hybridized carbons (Fsp3) is 0.182. The molecule has 2 rings (SSSR count). The second kappa shape index (κ2) is 3.46. The van der Waals surface area contributed by atoms with E-state index in [1.165, 1.54) is 0 Å². The van der Waals surface area contributed by atoms with Gasteiger partial charge in [-0.2, -0.15) is 0 Å². The van der Waals surface area contributed by atoms with Crippen LogP contribution in [0.15, 0.2) is 34.9 Å². The van der Waals surface area contributed by atoms with Crippen LogP contribution in [0.5, 0.6) is 0 Å². The first-order valence-electron chi connectivity index (χ1n) is 4.40. The summed E-state index contributed by atoms with van der Waals surface area (Å²) in [5.74, 6) is 0.863. The monoisotopic (exact) mass is 208 g/mol. The molecule has 0 aliphatic rings. The van der Waals surface area contributed by atoms with E-state index in [0.717, 1.165) is 22.0 Å². The minimum atomic E-state index is 0.737. The molecule has 0 amide bonds. The number of halogens is 1. The van der Waals surface area contributed by atoms with Crippen LogP contribution in [0, 0.1) is 6.92 Å². The van der Waals surface area contributed by atoms with Crippen LogP contribution in [0.1, 0.15) is 5.69 Å². The van der Waals surface area contributed by atoms with Gasteiger partial charge < -0.3 is 0 Å². The van der Waals surface area contributed by atoms with Crippen molar-refractivity contribution in [3.8, 4) is 11.3 Å². The van der Waals surface area contributed by atoms with E-state index >= 15 is 0 Å². The quantitative estimate of drug-likeness (QED) is 0.659. The fourth-order valence-corrected chi connectivity index (χ4v) is 1.40. The van der Waals surface area contributed by atoms with Crippen LogP contribution in [-0.4, -0.2) is 0 Å². The Balaban J connectivity index is 2.44. The van der Waals surface area contributed by atoms with E-state index in [0.29, 0.717) is 0 Å². The zero-order chi connectivity index (χ0) is 10.1. The van der Waals surface area contributed by atoms with Gasteiger partial charge in [-0.1, -0.05) is 11.6 Å². The number of rotatable bonds is 1. The van der Waals surface area contributed by atoms with Gasteiger partial charge in [-0.3, -0.25) is 0 Å². The summed E-state index contributed by atoms with van der Waals surface area (Å²) in [4.78, 5) is 0. The molecule has 0 bridgehead atoms. The molecule has 0 spiro atoms. The van der Waals surface area contributed by atoms with Crippen LogP contribution in [0.3, 0.4) is 0 Å². The molecular formula is C11H11ClNO+. The second-order valence-electron chi connectivity index (χ2n) is 3.25. The Labute approximate surface area is 87.7 Å². The van der Waals surface area contributed by atoms with Crippen LogP contribution < -0.4 is 4.74 Å². The zero-order valence-electron chi connectivity index (χ0n) is 8.12. The van der Waals surface area contributed by atoms with E-state index in [4.69, 9.17) is 16.1 Å². The molecule has 0 atom stereocenters. The largest absolute Gasteiger partial charge is 0.236 e. The first-order chi connectivity index (χ1) is 6.66. The lowest BCUT2D eigenvalue weighted by molar-refractivity contribution is -0.847. The van der Waals surface area contributed by atoms with Crippen LogP contribution in [0.2, 0.25) is 5.02 Å². The van der Waals surface area contributed by atoms with Crippen molar-refractivity contribution in [2.24, 2.45) is 7.05 Å². The molecule has 0 saturated carbocycles. The van der Waals surface area contributed by atoms with Crippen molar-refractivity contribution in [3.63, 3.8) is 0 Å². The van der Waals surface area contributed by atoms with Crippen LogP contribution in [0.25, 0.3) is 11.3 Å². The van der Waals surface area contributed by atoms with Crippen molar-refractivity contribution in [1.82, 2.24) is 0 Å². The summed E-state index contributed by atoms with van der Waals surface area (Å²) in [5.41, 5.74) is 2.13. The number of hydrogen-bond acceptors (Lipinski definition) is 1. The highest BCUT2D eigenvalue weighted by Crippen LogP contribution is 2.21. The predicted octanol–water partition coefficient (Wildman–Crippen LogP) is 2.73. The van der Waals surface area contributed by atoms with Gasteiger partial charge in [-0.15, -0.1) is 0 Å². The topological polar surface area (TPSA) is 17.0 Å². The van der Waals surface area contributed by atoms with Crippen molar-refractivity contribution >= 4 is 11.6 Å². The third-order valence-electron chi connectivity index (χ3n) is 2.20. The first kappa shape index (κ1) is 9.28. The summed E-state index contributed by atoms with van der Waals surface area (Å²) in [6, 6.07) is 9.61. The maximum Gasteiger partial charge on any atom is 0.228 e. The van der Waals surface area contributed by atoms with Gasteiger partial charge in [0.25, 0.3) is 0 Å². The summed E-state index contributed by atoms with van der Waals surface area (Å²) >= 11 is 5.80. The zero-order valence-corrected chi connectivity index (χ0v) is 8.88. The Hall–Kier alpha value is -1.28. The second-order valence-corrected chi connectivity index (χ2v) is 3.68. The van der Waals surface area contributed by atoms with Gasteiger partial charge in [0, 0.05) is 17.5 Å². The molecule has 14 heavy (non-hydrogen) atoms. The minimum Gasteiger partial charge on any atom is -0.236 e. The lowest BCUT2D eigenvalue weighted by atomic mass is 10.2. The molecule has 1 aromatic heterocycles. The molecular weight excluding hydrogens is 198 g/mol. The molecule has 72 valence electrons. The SMILES string of the molecule is Cc1cc(-c2ccc(Cl)cc2)o[n+]1C. The third-order valence-corrected chi connectivity index (χ3v) is 2.45. The van der Waals surface area contributed by atoms with Crippen molar-refractivity contribution in [2.75, 3.05) is 0 Å². The van der Waals surface area contributed by atoms with Crippen molar-refractivity contribution in [1.29, 1.82) is 0 Å². The van der Waals surface area contributed by atoms with Gasteiger partial charge >= 0.3 is 0 Å². The van der Waals surface area contributed by atoms with Gasteiger partial charge in [0.1, 0.15) is 0 Å². The molecule has 0 fully saturated rings. The summed E-state index contributed by atoms with van der Waals surface area (Å²) in [7, 11) is 1.88. The Morgan fingerprint density at radius 3 is 2.36 bits per heavy atom. The molecule has 0 unspecified atom stereocenters. The summed E-state index contributed by atoms with van der Waals surface area (Å²) in [5, 5.41) is 0.737. The van der Waals surface area contributed by atoms with Crippen molar-refractivity contribution in [3.05, 3.63) is 41.0 Å². The highest BCUT2D eigenvalue weighted by molar-refractivity contribution is 6.30. The molecule has 1 aromatic carbocycles. The van der Waals surface area contributed by atoms with Gasteiger partial charge in [0.15, 0.2) is 7.05 Å². The lowest BCUT2D eigenvalue weighted by Gasteiger charge is -1.92. The molecule has 0 radical (unpaired) electrons. The summed E-state index contributed by atoms with van der Waals surface area (Å²) in [6.07, 6.45) is 0. The fourth-order valence-electron chi connectivity index (χ4n) is 1.28. The Bertz CT molecular complexity index is 425. The van der Waals surface area contributed by atoms with Gasteiger partial charge in [0.2, 0.25) is 11.5 Å². The molecule has 2 aromatic rings. The van der Waals surface area contributed by atoms with E-state index in [1.807, 2.05) is 44.3 Å². The minimum absolute atomic E-state index is 0.737. The van der Waals surface area contributed by atoms with E-state index < -0.39 is 0 Å². The normalized spacial score (nSPS) is 10.5. The summed E-state index contributed by atoms with van der Waals surface area (Å²) in [6.45, 7) is 2.00. The van der Waals surface area contributed by atoms with Crippen LogP contribution in [-0.2, 0) is 7.05 Å². The van der Waals surface area contributed by atoms with Crippen LogP contribution in [0.4, 0.5) is 0 Å². The van der Waals surface area contributed by atoms with E-state index in [1.54, 1.807) is 4.74 Å². The number of benzene rings is 1. The molecule has 0 aliphatic heterocycles. The number of nitrogens with zero attached hydrogens (tertiary/aromatic N) is 1. The molecule has 1 heterocycles. The Morgan fingerprint density at radius 1 is 1.21 bits per heavy atom. The standard InChI is InChI=1S/C11H11ClNO/c1-8-7-11(14-13(8)2)9-3-5-10(12)6-4-9/h3-7H,1-2H3/q+1. The van der Waals surface area contributed by atoms with Crippen molar-refractivity contribution in [2.45, 2.75) is 6.92 Å². The highest BCUT2D eigenvalue weighted by Gasteiger charge is 2.12. The number of aromatic nitrogens is 1.